The topological polar surface area (TPSA) is 117 Å². The second kappa shape index (κ2) is 25.5. The molecule has 0 saturated carbocycles. The van der Waals surface area contributed by atoms with E-state index < -0.39 is 10.1 Å². The molecule has 0 fully saturated rings. The molecule has 11 nitrogen and oxygen atoms in total. The Morgan fingerprint density at radius 2 is 0.789 bits per heavy atom. The van der Waals surface area contributed by atoms with Crippen molar-refractivity contribution in [1.29, 1.82) is 0 Å². The highest BCUT2D eigenvalue weighted by Gasteiger charge is 2.14. The summed E-state index contributed by atoms with van der Waals surface area (Å²) in [6.45, 7) is 9.62. The molecule has 0 bridgehead atoms. The molecule has 0 aliphatic carbocycles. The highest BCUT2D eigenvalue weighted by Crippen LogP contribution is 2.12. The lowest BCUT2D eigenvalue weighted by Gasteiger charge is -2.09. The minimum Gasteiger partial charge on any atom is -0.378 e. The van der Waals surface area contributed by atoms with Crippen molar-refractivity contribution >= 4 is 32.7 Å². The number of alkyl halides is 1. The second-order valence-corrected chi connectivity index (χ2v) is 10.4. The standard InChI is InChI=1S/C25H43IO11S/c1-24-2-4-25(5-3-24)38(27,28)37-23-22-36-21-20-35-19-18-34-17-16-33-15-14-32-13-12-31-11-10-30-9-8-29-7-6-26/h2-5H,6-23H2,1H3. The summed E-state index contributed by atoms with van der Waals surface area (Å²) in [5, 5.41) is 0. The van der Waals surface area contributed by atoms with Crippen LogP contribution in [-0.4, -0.2) is 125 Å². The van der Waals surface area contributed by atoms with Gasteiger partial charge in [0, 0.05) is 4.43 Å². The van der Waals surface area contributed by atoms with Gasteiger partial charge in [-0.05, 0) is 19.1 Å². The smallest absolute Gasteiger partial charge is 0.297 e. The molecular formula is C25H43IO11S. The molecule has 0 aliphatic rings. The van der Waals surface area contributed by atoms with Crippen LogP contribution in [-0.2, 0) is 52.2 Å². The van der Waals surface area contributed by atoms with Crippen LogP contribution >= 0.6 is 22.6 Å². The largest absolute Gasteiger partial charge is 0.378 e. The molecule has 0 aromatic heterocycles. The minimum absolute atomic E-state index is 0.0524. The van der Waals surface area contributed by atoms with Gasteiger partial charge in [0.25, 0.3) is 10.1 Å². The van der Waals surface area contributed by atoms with Gasteiger partial charge in [-0.1, -0.05) is 40.3 Å². The van der Waals surface area contributed by atoms with Crippen molar-refractivity contribution in [3.05, 3.63) is 29.8 Å². The van der Waals surface area contributed by atoms with Crippen LogP contribution in [0, 0.1) is 6.92 Å². The van der Waals surface area contributed by atoms with Crippen molar-refractivity contribution in [2.45, 2.75) is 11.8 Å². The van der Waals surface area contributed by atoms with Crippen LogP contribution in [0.15, 0.2) is 29.2 Å². The maximum absolute atomic E-state index is 12.0. The zero-order valence-electron chi connectivity index (χ0n) is 22.3. The third kappa shape index (κ3) is 21.4. The first-order valence-corrected chi connectivity index (χ1v) is 15.6. The van der Waals surface area contributed by atoms with Crippen LogP contribution in [0.5, 0.6) is 0 Å². The van der Waals surface area contributed by atoms with Gasteiger partial charge in [-0.2, -0.15) is 8.42 Å². The Hall–Kier alpha value is -0.460. The first kappa shape index (κ1) is 35.6. The van der Waals surface area contributed by atoms with E-state index in [1.165, 1.54) is 12.1 Å². The summed E-state index contributed by atoms with van der Waals surface area (Å²) >= 11 is 2.27. The zero-order chi connectivity index (χ0) is 27.6. The lowest BCUT2D eigenvalue weighted by molar-refractivity contribution is -0.0232. The molecule has 222 valence electrons. The minimum atomic E-state index is -3.76. The van der Waals surface area contributed by atoms with Crippen LogP contribution in [0.2, 0.25) is 0 Å². The first-order chi connectivity index (χ1) is 18.6. The van der Waals surface area contributed by atoms with E-state index in [0.717, 1.165) is 16.6 Å². The molecule has 0 radical (unpaired) electrons. The quantitative estimate of drug-likeness (QED) is 0.0563. The Kier molecular flexibility index (Phi) is 23.9. The SMILES string of the molecule is Cc1ccc(S(=O)(=O)OCCOCCOCCOCCOCCOCCOCCOCCOCCI)cc1. The summed E-state index contributed by atoms with van der Waals surface area (Å²) in [5.74, 6) is 0. The Bertz CT molecular complexity index is 750. The molecule has 1 rings (SSSR count). The van der Waals surface area contributed by atoms with Crippen molar-refractivity contribution in [3.8, 4) is 0 Å². The Balaban J connectivity index is 1.73. The van der Waals surface area contributed by atoms with Crippen LogP contribution in [0.3, 0.4) is 0 Å². The molecule has 1 aromatic rings. The Morgan fingerprint density at radius 1 is 0.500 bits per heavy atom. The number of aryl methyl sites for hydroxylation is 1. The van der Waals surface area contributed by atoms with E-state index in [0.29, 0.717) is 92.5 Å². The Morgan fingerprint density at radius 3 is 1.11 bits per heavy atom. The molecule has 0 spiro atoms. The van der Waals surface area contributed by atoms with Crippen LogP contribution in [0.1, 0.15) is 5.56 Å². The molecule has 13 heteroatoms. The van der Waals surface area contributed by atoms with Crippen LogP contribution in [0.25, 0.3) is 0 Å². The predicted octanol–water partition coefficient (Wildman–Crippen LogP) is 2.27. The summed E-state index contributed by atoms with van der Waals surface area (Å²) in [6.07, 6.45) is 0. The Labute approximate surface area is 240 Å². The predicted molar refractivity (Wildman–Crippen MR) is 150 cm³/mol. The van der Waals surface area contributed by atoms with Gasteiger partial charge in [-0.25, -0.2) is 0 Å². The average molecular weight is 679 g/mol. The normalized spacial score (nSPS) is 11.8. The van der Waals surface area contributed by atoms with Crippen molar-refractivity contribution < 1.29 is 50.5 Å². The molecule has 0 N–H and O–H groups in total. The van der Waals surface area contributed by atoms with Gasteiger partial charge in [0.05, 0.1) is 117 Å². The summed E-state index contributed by atoms with van der Waals surface area (Å²) < 4.78 is 73.1. The van der Waals surface area contributed by atoms with Gasteiger partial charge in [0.1, 0.15) is 0 Å². The van der Waals surface area contributed by atoms with Crippen molar-refractivity contribution in [3.63, 3.8) is 0 Å². The van der Waals surface area contributed by atoms with Gasteiger partial charge < -0.3 is 37.9 Å². The van der Waals surface area contributed by atoms with Crippen molar-refractivity contribution in [2.75, 3.05) is 117 Å². The van der Waals surface area contributed by atoms with Crippen molar-refractivity contribution in [2.24, 2.45) is 0 Å². The average Bonchev–Trinajstić information content (AvgIpc) is 2.91. The number of hydrogen-bond donors (Lipinski definition) is 0. The number of halogens is 1. The third-order valence-electron chi connectivity index (χ3n) is 4.60. The molecule has 0 aliphatic heterocycles. The van der Waals surface area contributed by atoms with E-state index in [1.807, 2.05) is 6.92 Å². The van der Waals surface area contributed by atoms with Gasteiger partial charge in [0.15, 0.2) is 0 Å². The summed E-state index contributed by atoms with van der Waals surface area (Å²) in [4.78, 5) is 0.132. The number of ether oxygens (including phenoxy) is 8. The lowest BCUT2D eigenvalue weighted by Crippen LogP contribution is -2.15. The maximum atomic E-state index is 12.0. The van der Waals surface area contributed by atoms with Gasteiger partial charge in [0.2, 0.25) is 0 Å². The summed E-state index contributed by atoms with van der Waals surface area (Å²) in [5.41, 5.74) is 0.979. The fourth-order valence-corrected chi connectivity index (χ4v) is 3.88. The van der Waals surface area contributed by atoms with E-state index in [2.05, 4.69) is 22.6 Å². The highest BCUT2D eigenvalue weighted by atomic mass is 127. The van der Waals surface area contributed by atoms with Crippen LogP contribution < -0.4 is 0 Å². The summed E-state index contributed by atoms with van der Waals surface area (Å²) in [7, 11) is -3.76. The third-order valence-corrected chi connectivity index (χ3v) is 6.37. The molecule has 0 saturated heterocycles. The molecule has 0 atom stereocenters. The molecule has 38 heavy (non-hydrogen) atoms. The zero-order valence-corrected chi connectivity index (χ0v) is 25.3. The van der Waals surface area contributed by atoms with Crippen LogP contribution in [0.4, 0.5) is 0 Å². The number of benzene rings is 1. The fourth-order valence-electron chi connectivity index (χ4n) is 2.67. The molecule has 0 heterocycles. The summed E-state index contributed by atoms with van der Waals surface area (Å²) in [6, 6.07) is 6.49. The van der Waals surface area contributed by atoms with E-state index in [9.17, 15) is 8.42 Å². The number of rotatable bonds is 28. The fraction of sp³-hybridized carbons (Fsp3) is 0.760. The first-order valence-electron chi connectivity index (χ1n) is 12.7. The molecular weight excluding hydrogens is 635 g/mol. The molecule has 1 aromatic carbocycles. The monoisotopic (exact) mass is 678 g/mol. The van der Waals surface area contributed by atoms with E-state index in [1.54, 1.807) is 12.1 Å². The van der Waals surface area contributed by atoms with Gasteiger partial charge >= 0.3 is 0 Å². The van der Waals surface area contributed by atoms with E-state index >= 15 is 0 Å². The lowest BCUT2D eigenvalue weighted by atomic mass is 10.2. The maximum Gasteiger partial charge on any atom is 0.297 e. The number of hydrogen-bond acceptors (Lipinski definition) is 11. The molecule has 0 unspecified atom stereocenters. The van der Waals surface area contributed by atoms with Gasteiger partial charge in [-0.3, -0.25) is 4.18 Å². The second-order valence-electron chi connectivity index (χ2n) is 7.68. The van der Waals surface area contributed by atoms with E-state index in [4.69, 9.17) is 42.1 Å². The van der Waals surface area contributed by atoms with E-state index in [-0.39, 0.29) is 18.1 Å². The van der Waals surface area contributed by atoms with Crippen molar-refractivity contribution in [1.82, 2.24) is 0 Å². The molecule has 0 amide bonds. The van der Waals surface area contributed by atoms with Gasteiger partial charge in [-0.15, -0.1) is 0 Å². The highest BCUT2D eigenvalue weighted by molar-refractivity contribution is 14.1.